The summed E-state index contributed by atoms with van der Waals surface area (Å²) in [5.74, 6) is -1.39. The van der Waals surface area contributed by atoms with Crippen LogP contribution in [-0.2, 0) is 9.53 Å². The third-order valence-electron chi connectivity index (χ3n) is 4.29. The maximum absolute atomic E-state index is 13.5. The summed E-state index contributed by atoms with van der Waals surface area (Å²) < 4.78 is 31.3. The van der Waals surface area contributed by atoms with Crippen molar-refractivity contribution in [3.8, 4) is 0 Å². The minimum absolute atomic E-state index is 0.147. The van der Waals surface area contributed by atoms with Crippen molar-refractivity contribution < 1.29 is 23.1 Å². The Morgan fingerprint density at radius 3 is 2.68 bits per heavy atom. The Morgan fingerprint density at radius 1 is 1.36 bits per heavy atom. The largest absolute Gasteiger partial charge is 0.465 e. The second-order valence-electron chi connectivity index (χ2n) is 6.12. The van der Waals surface area contributed by atoms with E-state index in [1.54, 1.807) is 0 Å². The Kier molecular flexibility index (Phi) is 8.88. The van der Waals surface area contributed by atoms with Gasteiger partial charge in [0.15, 0.2) is 11.6 Å². The first-order chi connectivity index (χ1) is 11.9. The smallest absolute Gasteiger partial charge is 0.317 e. The van der Waals surface area contributed by atoms with E-state index in [1.165, 1.54) is 18.0 Å². The highest BCUT2D eigenvalue weighted by molar-refractivity contribution is 5.74. The number of halogens is 2. The van der Waals surface area contributed by atoms with Crippen LogP contribution in [-0.4, -0.2) is 37.6 Å². The van der Waals surface area contributed by atoms with Crippen molar-refractivity contribution >= 4 is 12.5 Å². The first-order valence-corrected chi connectivity index (χ1v) is 8.41. The Morgan fingerprint density at radius 2 is 2.08 bits per heavy atom. The zero-order chi connectivity index (χ0) is 18.8. The van der Waals surface area contributed by atoms with Crippen LogP contribution in [0.1, 0.15) is 44.7 Å². The standard InChI is InChI=1S/C18H26F2N2O3/c1-4-13(2)6-5-9-21-18(24)22(3)17(11-25-12-23)14-7-8-15(19)16(20)10-14/h7-8,10,12-13,17H,4-6,9,11H2,1-3H3,(H,21,24). The molecule has 5 nitrogen and oxygen atoms in total. The molecule has 0 fully saturated rings. The summed E-state index contributed by atoms with van der Waals surface area (Å²) in [5, 5.41) is 2.79. The van der Waals surface area contributed by atoms with Crippen LogP contribution in [0.2, 0.25) is 0 Å². The predicted molar refractivity (Wildman–Crippen MR) is 91.0 cm³/mol. The lowest BCUT2D eigenvalue weighted by atomic mass is 10.0. The van der Waals surface area contributed by atoms with Gasteiger partial charge < -0.3 is 15.0 Å². The van der Waals surface area contributed by atoms with Crippen molar-refractivity contribution in [1.29, 1.82) is 0 Å². The number of benzene rings is 1. The fourth-order valence-corrected chi connectivity index (χ4v) is 2.40. The van der Waals surface area contributed by atoms with Crippen molar-refractivity contribution in [3.63, 3.8) is 0 Å². The van der Waals surface area contributed by atoms with Crippen molar-refractivity contribution in [1.82, 2.24) is 10.2 Å². The average molecular weight is 356 g/mol. The minimum atomic E-state index is -1.02. The molecule has 2 amide bonds. The molecule has 7 heteroatoms. The van der Waals surface area contributed by atoms with Gasteiger partial charge in [0.2, 0.25) is 0 Å². The van der Waals surface area contributed by atoms with Gasteiger partial charge in [-0.2, -0.15) is 0 Å². The maximum Gasteiger partial charge on any atom is 0.317 e. The average Bonchev–Trinajstić information content (AvgIpc) is 2.61. The van der Waals surface area contributed by atoms with Crippen LogP contribution >= 0.6 is 0 Å². The molecule has 0 aliphatic heterocycles. The van der Waals surface area contributed by atoms with Gasteiger partial charge in [0, 0.05) is 13.6 Å². The molecule has 0 radical (unpaired) electrons. The Balaban J connectivity index is 2.71. The van der Waals surface area contributed by atoms with Gasteiger partial charge in [0.1, 0.15) is 6.61 Å². The molecule has 140 valence electrons. The minimum Gasteiger partial charge on any atom is -0.465 e. The molecule has 1 rings (SSSR count). The van der Waals surface area contributed by atoms with E-state index in [4.69, 9.17) is 4.74 Å². The molecular formula is C18H26F2N2O3. The first-order valence-electron chi connectivity index (χ1n) is 8.41. The number of ether oxygens (including phenoxy) is 1. The lowest BCUT2D eigenvalue weighted by Crippen LogP contribution is -2.41. The Labute approximate surface area is 147 Å². The fraction of sp³-hybridized carbons (Fsp3) is 0.556. The van der Waals surface area contributed by atoms with E-state index in [2.05, 4.69) is 19.2 Å². The summed E-state index contributed by atoms with van der Waals surface area (Å²) >= 11 is 0. The molecule has 0 aliphatic carbocycles. The highest BCUT2D eigenvalue weighted by Crippen LogP contribution is 2.22. The van der Waals surface area contributed by atoms with Crippen LogP contribution in [0, 0.1) is 17.6 Å². The van der Waals surface area contributed by atoms with Crippen molar-refractivity contribution in [2.45, 2.75) is 39.2 Å². The number of likely N-dealkylation sites (N-methyl/N-ethyl adjacent to an activating group) is 1. The number of amides is 2. The SMILES string of the molecule is CCC(C)CCCNC(=O)N(C)C(COC=O)c1ccc(F)c(F)c1. The molecule has 1 aromatic carbocycles. The Bertz CT molecular complexity index is 569. The summed E-state index contributed by atoms with van der Waals surface area (Å²) in [7, 11) is 1.52. The van der Waals surface area contributed by atoms with E-state index in [0.29, 0.717) is 18.0 Å². The number of rotatable bonds is 10. The molecule has 0 saturated carbocycles. The number of nitrogens with zero attached hydrogens (tertiary/aromatic N) is 1. The van der Waals surface area contributed by atoms with Gasteiger partial charge in [-0.25, -0.2) is 13.6 Å². The molecule has 0 bridgehead atoms. The van der Waals surface area contributed by atoms with Gasteiger partial charge >= 0.3 is 6.03 Å². The summed E-state index contributed by atoms with van der Waals surface area (Å²) in [6, 6.07) is 2.27. The van der Waals surface area contributed by atoms with Crippen LogP contribution in [0.5, 0.6) is 0 Å². The molecule has 25 heavy (non-hydrogen) atoms. The fourth-order valence-electron chi connectivity index (χ4n) is 2.40. The number of hydrogen-bond acceptors (Lipinski definition) is 3. The molecule has 0 spiro atoms. The molecule has 2 unspecified atom stereocenters. The van der Waals surface area contributed by atoms with Gasteiger partial charge in [-0.1, -0.05) is 26.3 Å². The van der Waals surface area contributed by atoms with Crippen LogP contribution in [0.25, 0.3) is 0 Å². The highest BCUT2D eigenvalue weighted by Gasteiger charge is 2.23. The lowest BCUT2D eigenvalue weighted by molar-refractivity contribution is -0.130. The zero-order valence-corrected chi connectivity index (χ0v) is 14.9. The molecule has 0 aromatic heterocycles. The van der Waals surface area contributed by atoms with Crippen LogP contribution in [0.15, 0.2) is 18.2 Å². The molecule has 2 atom stereocenters. The number of hydrogen-bond donors (Lipinski definition) is 1. The predicted octanol–water partition coefficient (Wildman–Crippen LogP) is 3.65. The van der Waals surface area contributed by atoms with Gasteiger partial charge in [-0.3, -0.25) is 4.79 Å². The van der Waals surface area contributed by atoms with Crippen molar-refractivity contribution in [2.24, 2.45) is 5.92 Å². The van der Waals surface area contributed by atoms with Crippen LogP contribution < -0.4 is 5.32 Å². The third kappa shape index (κ3) is 6.68. The lowest BCUT2D eigenvalue weighted by Gasteiger charge is -2.28. The molecule has 1 N–H and O–H groups in total. The van der Waals surface area contributed by atoms with E-state index in [0.717, 1.165) is 31.4 Å². The van der Waals surface area contributed by atoms with Gasteiger partial charge in [0.25, 0.3) is 6.47 Å². The zero-order valence-electron chi connectivity index (χ0n) is 14.9. The summed E-state index contributed by atoms with van der Waals surface area (Å²) in [5.41, 5.74) is 0.345. The Hall–Kier alpha value is -2.18. The van der Waals surface area contributed by atoms with E-state index >= 15 is 0 Å². The number of carbonyl (C=O) groups is 2. The van der Waals surface area contributed by atoms with Crippen LogP contribution in [0.4, 0.5) is 13.6 Å². The normalized spacial score (nSPS) is 13.0. The van der Waals surface area contributed by atoms with E-state index in [-0.39, 0.29) is 19.1 Å². The summed E-state index contributed by atoms with van der Waals surface area (Å²) in [6.07, 6.45) is 2.96. The van der Waals surface area contributed by atoms with Crippen LogP contribution in [0.3, 0.4) is 0 Å². The van der Waals surface area contributed by atoms with Crippen molar-refractivity contribution in [3.05, 3.63) is 35.4 Å². The molecule has 0 saturated heterocycles. The van der Waals surface area contributed by atoms with E-state index in [9.17, 15) is 18.4 Å². The first kappa shape index (κ1) is 20.9. The maximum atomic E-state index is 13.5. The summed E-state index contributed by atoms with van der Waals surface area (Å²) in [6.45, 7) is 4.91. The number of urea groups is 1. The second-order valence-corrected chi connectivity index (χ2v) is 6.12. The van der Waals surface area contributed by atoms with Gasteiger partial charge in [-0.05, 0) is 36.5 Å². The molecule has 0 heterocycles. The van der Waals surface area contributed by atoms with Crippen molar-refractivity contribution in [2.75, 3.05) is 20.2 Å². The van der Waals surface area contributed by atoms with Gasteiger partial charge in [0.05, 0.1) is 6.04 Å². The monoisotopic (exact) mass is 356 g/mol. The van der Waals surface area contributed by atoms with E-state index < -0.39 is 17.7 Å². The second kappa shape index (κ2) is 10.6. The number of carbonyl (C=O) groups excluding carboxylic acids is 2. The van der Waals surface area contributed by atoms with Gasteiger partial charge in [-0.15, -0.1) is 0 Å². The summed E-state index contributed by atoms with van der Waals surface area (Å²) in [4.78, 5) is 24.1. The molecule has 0 aliphatic rings. The van der Waals surface area contributed by atoms with E-state index in [1.807, 2.05) is 0 Å². The third-order valence-corrected chi connectivity index (χ3v) is 4.29. The quantitative estimate of drug-likeness (QED) is 0.514. The number of nitrogens with one attached hydrogen (secondary N) is 1. The molecular weight excluding hydrogens is 330 g/mol. The molecule has 1 aromatic rings. The highest BCUT2D eigenvalue weighted by atomic mass is 19.2. The topological polar surface area (TPSA) is 58.6 Å².